The average molecular weight is 445 g/mol. The number of aliphatic carboxylic acids is 1. The SMILES string of the molecule is Cc1ccc(NC(=O)CN(Cc2ccc(CC(C)(C)C(=O)O)cc2)c2ccccc2)c(C)c1. The van der Waals surface area contributed by atoms with Gasteiger partial charge in [0.2, 0.25) is 5.91 Å². The molecule has 0 spiro atoms. The number of nitrogens with one attached hydrogen (secondary N) is 1. The van der Waals surface area contributed by atoms with Gasteiger partial charge in [0.1, 0.15) is 0 Å². The summed E-state index contributed by atoms with van der Waals surface area (Å²) in [5, 5.41) is 12.4. The standard InChI is InChI=1S/C28H32N2O3/c1-20-10-15-25(21(2)16-20)29-26(31)19-30(24-8-6-5-7-9-24)18-23-13-11-22(12-14-23)17-28(3,4)27(32)33/h5-16H,17-19H2,1-4H3,(H,29,31)(H,32,33). The van der Waals surface area contributed by atoms with Crippen LogP contribution in [-0.4, -0.2) is 23.5 Å². The summed E-state index contributed by atoms with van der Waals surface area (Å²) < 4.78 is 0. The van der Waals surface area contributed by atoms with Gasteiger partial charge in [0, 0.05) is 17.9 Å². The summed E-state index contributed by atoms with van der Waals surface area (Å²) >= 11 is 0. The molecular formula is C28H32N2O3. The quantitative estimate of drug-likeness (QED) is 0.451. The highest BCUT2D eigenvalue weighted by atomic mass is 16.4. The van der Waals surface area contributed by atoms with Gasteiger partial charge in [0.15, 0.2) is 0 Å². The molecule has 5 nitrogen and oxygen atoms in total. The van der Waals surface area contributed by atoms with Crippen molar-refractivity contribution in [1.82, 2.24) is 0 Å². The van der Waals surface area contributed by atoms with Gasteiger partial charge in [-0.15, -0.1) is 0 Å². The zero-order chi connectivity index (χ0) is 24.0. The van der Waals surface area contributed by atoms with Crippen molar-refractivity contribution < 1.29 is 14.7 Å². The summed E-state index contributed by atoms with van der Waals surface area (Å²) in [6, 6.07) is 23.8. The Bertz CT molecular complexity index is 1110. The van der Waals surface area contributed by atoms with E-state index in [1.807, 2.05) is 85.5 Å². The Balaban J connectivity index is 1.73. The van der Waals surface area contributed by atoms with Crippen molar-refractivity contribution in [3.63, 3.8) is 0 Å². The van der Waals surface area contributed by atoms with Crippen LogP contribution in [0.1, 0.15) is 36.1 Å². The van der Waals surface area contributed by atoms with Gasteiger partial charge in [-0.25, -0.2) is 0 Å². The highest BCUT2D eigenvalue weighted by Gasteiger charge is 2.27. The average Bonchev–Trinajstić information content (AvgIpc) is 2.77. The van der Waals surface area contributed by atoms with Crippen molar-refractivity contribution in [3.05, 3.63) is 95.1 Å². The van der Waals surface area contributed by atoms with Crippen LogP contribution in [0.15, 0.2) is 72.8 Å². The lowest BCUT2D eigenvalue weighted by atomic mass is 9.86. The summed E-state index contributed by atoms with van der Waals surface area (Å²) in [4.78, 5) is 26.3. The number of carbonyl (C=O) groups is 2. The van der Waals surface area contributed by atoms with Crippen molar-refractivity contribution in [3.8, 4) is 0 Å². The van der Waals surface area contributed by atoms with E-state index in [-0.39, 0.29) is 12.5 Å². The second-order valence-electron chi connectivity index (χ2n) is 9.24. The molecule has 0 aromatic heterocycles. The highest BCUT2D eigenvalue weighted by molar-refractivity contribution is 5.94. The Morgan fingerprint density at radius 3 is 2.15 bits per heavy atom. The molecule has 0 atom stereocenters. The minimum absolute atomic E-state index is 0.0781. The molecule has 3 aromatic rings. The van der Waals surface area contributed by atoms with E-state index in [0.717, 1.165) is 33.6 Å². The van der Waals surface area contributed by atoms with Gasteiger partial charge in [-0.2, -0.15) is 0 Å². The van der Waals surface area contributed by atoms with E-state index >= 15 is 0 Å². The molecule has 5 heteroatoms. The fraction of sp³-hybridized carbons (Fsp3) is 0.286. The number of nitrogens with zero attached hydrogens (tertiary/aromatic N) is 1. The molecule has 0 unspecified atom stereocenters. The fourth-order valence-corrected chi connectivity index (χ4v) is 3.76. The molecule has 172 valence electrons. The highest BCUT2D eigenvalue weighted by Crippen LogP contribution is 2.23. The first-order valence-corrected chi connectivity index (χ1v) is 11.1. The molecule has 0 aliphatic heterocycles. The molecule has 0 aliphatic rings. The number of benzene rings is 3. The lowest BCUT2D eigenvalue weighted by Crippen LogP contribution is -2.33. The first kappa shape index (κ1) is 24.1. The third-order valence-electron chi connectivity index (χ3n) is 5.73. The Labute approximate surface area is 196 Å². The van der Waals surface area contributed by atoms with Gasteiger partial charge < -0.3 is 15.3 Å². The number of hydrogen-bond acceptors (Lipinski definition) is 3. The van der Waals surface area contributed by atoms with Crippen molar-refractivity contribution in [1.29, 1.82) is 0 Å². The largest absolute Gasteiger partial charge is 0.481 e. The van der Waals surface area contributed by atoms with Crippen LogP contribution < -0.4 is 10.2 Å². The summed E-state index contributed by atoms with van der Waals surface area (Å²) in [7, 11) is 0. The summed E-state index contributed by atoms with van der Waals surface area (Å²) in [5.41, 5.74) is 5.19. The molecule has 0 fully saturated rings. The fourth-order valence-electron chi connectivity index (χ4n) is 3.76. The minimum Gasteiger partial charge on any atom is -0.481 e. The van der Waals surface area contributed by atoms with Crippen LogP contribution in [0.4, 0.5) is 11.4 Å². The van der Waals surface area contributed by atoms with E-state index in [0.29, 0.717) is 13.0 Å². The second-order valence-corrected chi connectivity index (χ2v) is 9.24. The summed E-state index contributed by atoms with van der Waals surface area (Å²) in [5.74, 6) is -0.887. The number of carboxylic acids is 1. The molecule has 0 aliphatic carbocycles. The molecule has 3 rings (SSSR count). The number of carboxylic acid groups (broad SMARTS) is 1. The maximum Gasteiger partial charge on any atom is 0.309 e. The van der Waals surface area contributed by atoms with Crippen LogP contribution >= 0.6 is 0 Å². The number of amides is 1. The van der Waals surface area contributed by atoms with Gasteiger partial charge >= 0.3 is 5.97 Å². The number of rotatable bonds is 9. The van der Waals surface area contributed by atoms with Crippen molar-refractivity contribution >= 4 is 23.3 Å². The zero-order valence-electron chi connectivity index (χ0n) is 19.8. The van der Waals surface area contributed by atoms with E-state index in [2.05, 4.69) is 11.4 Å². The van der Waals surface area contributed by atoms with Crippen LogP contribution in [0.5, 0.6) is 0 Å². The molecule has 0 saturated carbocycles. The summed E-state index contributed by atoms with van der Waals surface area (Å²) in [6.45, 7) is 8.26. The van der Waals surface area contributed by atoms with Crippen molar-refractivity contribution in [2.75, 3.05) is 16.8 Å². The maximum absolute atomic E-state index is 12.9. The normalized spacial score (nSPS) is 11.2. The molecule has 0 heterocycles. The van der Waals surface area contributed by atoms with Crippen molar-refractivity contribution in [2.45, 2.75) is 40.7 Å². The van der Waals surface area contributed by atoms with Crippen LogP contribution in [-0.2, 0) is 22.6 Å². The smallest absolute Gasteiger partial charge is 0.309 e. The van der Waals surface area contributed by atoms with E-state index in [1.54, 1.807) is 13.8 Å². The number of hydrogen-bond donors (Lipinski definition) is 2. The first-order valence-electron chi connectivity index (χ1n) is 11.1. The predicted molar refractivity (Wildman–Crippen MR) is 134 cm³/mol. The van der Waals surface area contributed by atoms with E-state index in [1.165, 1.54) is 0 Å². The van der Waals surface area contributed by atoms with Gasteiger partial charge in [0.25, 0.3) is 0 Å². The third-order valence-corrected chi connectivity index (χ3v) is 5.73. The van der Waals surface area contributed by atoms with E-state index in [4.69, 9.17) is 0 Å². The number of carbonyl (C=O) groups excluding carboxylic acids is 1. The van der Waals surface area contributed by atoms with Crippen molar-refractivity contribution in [2.24, 2.45) is 5.41 Å². The number of para-hydroxylation sites is 1. The molecule has 2 N–H and O–H groups in total. The number of aryl methyl sites for hydroxylation is 2. The molecule has 0 bridgehead atoms. The predicted octanol–water partition coefficient (Wildman–Crippen LogP) is 5.60. The van der Waals surface area contributed by atoms with Crippen LogP contribution in [0.2, 0.25) is 0 Å². The molecule has 1 amide bonds. The monoisotopic (exact) mass is 444 g/mol. The van der Waals surface area contributed by atoms with Gasteiger partial charge in [-0.05, 0) is 69.0 Å². The minimum atomic E-state index is -0.816. The molecular weight excluding hydrogens is 412 g/mol. The zero-order valence-corrected chi connectivity index (χ0v) is 19.8. The number of anilines is 2. The first-order chi connectivity index (χ1) is 15.6. The lowest BCUT2D eigenvalue weighted by Gasteiger charge is -2.25. The lowest BCUT2D eigenvalue weighted by molar-refractivity contribution is -0.146. The molecule has 0 saturated heterocycles. The second kappa shape index (κ2) is 10.3. The molecule has 33 heavy (non-hydrogen) atoms. The molecule has 3 aromatic carbocycles. The van der Waals surface area contributed by atoms with E-state index < -0.39 is 11.4 Å². The van der Waals surface area contributed by atoms with Gasteiger partial charge in [-0.1, -0.05) is 60.2 Å². The third kappa shape index (κ3) is 6.69. The van der Waals surface area contributed by atoms with Crippen LogP contribution in [0.3, 0.4) is 0 Å². The van der Waals surface area contributed by atoms with Gasteiger partial charge in [-0.3, -0.25) is 9.59 Å². The summed E-state index contributed by atoms with van der Waals surface area (Å²) in [6.07, 6.45) is 0.462. The Hall–Kier alpha value is -3.60. The van der Waals surface area contributed by atoms with Gasteiger partial charge in [0.05, 0.1) is 12.0 Å². The Morgan fingerprint density at radius 1 is 0.909 bits per heavy atom. The Morgan fingerprint density at radius 2 is 1.55 bits per heavy atom. The van der Waals surface area contributed by atoms with E-state index in [9.17, 15) is 14.7 Å². The Kier molecular flexibility index (Phi) is 7.54. The topological polar surface area (TPSA) is 69.6 Å². The van der Waals surface area contributed by atoms with Crippen LogP contribution in [0.25, 0.3) is 0 Å². The molecule has 0 radical (unpaired) electrons. The maximum atomic E-state index is 12.9. The van der Waals surface area contributed by atoms with Crippen LogP contribution in [0, 0.1) is 19.3 Å².